The minimum atomic E-state index is -0.326. The van der Waals surface area contributed by atoms with Gasteiger partial charge in [0.25, 0.3) is 0 Å². The fourth-order valence-corrected chi connectivity index (χ4v) is 6.74. The van der Waals surface area contributed by atoms with Crippen molar-refractivity contribution >= 4 is 19.5 Å². The van der Waals surface area contributed by atoms with Crippen molar-refractivity contribution in [3.05, 3.63) is 0 Å². The lowest BCUT2D eigenvalue weighted by Crippen LogP contribution is -2.32. The van der Waals surface area contributed by atoms with Gasteiger partial charge in [0.05, 0.1) is 11.2 Å². The van der Waals surface area contributed by atoms with E-state index in [9.17, 15) is 0 Å². The average Bonchev–Trinajstić information content (AvgIpc) is 2.58. The van der Waals surface area contributed by atoms with Gasteiger partial charge in [-0.05, 0) is 50.6 Å². The van der Waals surface area contributed by atoms with E-state index < -0.39 is 0 Å². The molecule has 0 heterocycles. The molecule has 0 aliphatic heterocycles. The number of rotatable bonds is 15. The van der Waals surface area contributed by atoms with Gasteiger partial charge in [-0.2, -0.15) is 0 Å². The predicted octanol–water partition coefficient (Wildman–Crippen LogP) is 4.74. The maximum atomic E-state index is 6.31. The molecule has 0 aromatic rings. The van der Waals surface area contributed by atoms with Crippen LogP contribution < -0.4 is 0 Å². The van der Waals surface area contributed by atoms with Gasteiger partial charge in [0, 0.05) is 0 Å². The van der Waals surface area contributed by atoms with E-state index in [2.05, 4.69) is 41.5 Å². The molecule has 0 aliphatic rings. The first-order chi connectivity index (χ1) is 10.6. The van der Waals surface area contributed by atoms with Crippen LogP contribution in [0, 0.1) is 0 Å². The average molecular weight is 347 g/mol. The van der Waals surface area contributed by atoms with Crippen molar-refractivity contribution in [1.82, 2.24) is 0 Å². The Morgan fingerprint density at radius 3 is 1.05 bits per heavy atom. The standard InChI is InChI=1S/C18H42O2Si2/c1-7-17(8-2,9-3)19-21-15-13-14-16-22-20-18(10-4,11-5)12-6/h7-16,21-22H2,1-6H3. The van der Waals surface area contributed by atoms with E-state index in [4.69, 9.17) is 8.85 Å². The molecule has 0 bridgehead atoms. The van der Waals surface area contributed by atoms with Crippen LogP contribution in [0.4, 0.5) is 0 Å². The fourth-order valence-electron chi connectivity index (χ4n) is 3.25. The maximum absolute atomic E-state index is 6.31. The molecule has 2 nitrogen and oxygen atoms in total. The summed E-state index contributed by atoms with van der Waals surface area (Å²) in [5, 5.41) is 0. The fraction of sp³-hybridized carbons (Fsp3) is 1.00. The van der Waals surface area contributed by atoms with Gasteiger partial charge in [0.15, 0.2) is 19.5 Å². The van der Waals surface area contributed by atoms with Crippen molar-refractivity contribution in [2.75, 3.05) is 0 Å². The topological polar surface area (TPSA) is 18.5 Å². The molecule has 0 saturated carbocycles. The van der Waals surface area contributed by atoms with E-state index in [1.165, 1.54) is 63.5 Å². The highest BCUT2D eigenvalue weighted by atomic mass is 28.2. The Morgan fingerprint density at radius 2 is 0.818 bits per heavy atom. The molecule has 0 spiro atoms. The summed E-state index contributed by atoms with van der Waals surface area (Å²) in [4.78, 5) is 0. The number of hydrogen-bond donors (Lipinski definition) is 0. The van der Waals surface area contributed by atoms with Gasteiger partial charge in [-0.3, -0.25) is 0 Å². The maximum Gasteiger partial charge on any atom is 0.162 e. The first-order valence-corrected chi connectivity index (χ1v) is 13.0. The molecule has 0 atom stereocenters. The Bertz CT molecular complexity index is 209. The molecule has 0 rings (SSSR count). The lowest BCUT2D eigenvalue weighted by Gasteiger charge is -2.31. The summed E-state index contributed by atoms with van der Waals surface area (Å²) in [7, 11) is -0.652. The van der Waals surface area contributed by atoms with E-state index in [0.717, 1.165) is 0 Å². The van der Waals surface area contributed by atoms with E-state index >= 15 is 0 Å². The summed E-state index contributed by atoms with van der Waals surface area (Å²) in [5.41, 5.74) is 0.403. The molecule has 0 aliphatic carbocycles. The molecule has 0 unspecified atom stereocenters. The van der Waals surface area contributed by atoms with Crippen LogP contribution >= 0.6 is 0 Å². The Hall–Kier alpha value is 0.354. The molecular formula is C18H42O2Si2. The largest absolute Gasteiger partial charge is 0.419 e. The highest BCUT2D eigenvalue weighted by Crippen LogP contribution is 2.25. The van der Waals surface area contributed by atoms with Gasteiger partial charge in [0.2, 0.25) is 0 Å². The van der Waals surface area contributed by atoms with Gasteiger partial charge < -0.3 is 8.85 Å². The third-order valence-corrected chi connectivity index (χ3v) is 8.93. The zero-order valence-corrected chi connectivity index (χ0v) is 19.1. The normalized spacial score (nSPS) is 13.9. The summed E-state index contributed by atoms with van der Waals surface area (Å²) < 4.78 is 12.6. The first kappa shape index (κ1) is 22.4. The van der Waals surface area contributed by atoms with E-state index in [1.54, 1.807) is 0 Å². The van der Waals surface area contributed by atoms with Crippen LogP contribution in [-0.4, -0.2) is 30.7 Å². The van der Waals surface area contributed by atoms with Gasteiger partial charge >= 0.3 is 0 Å². The third kappa shape index (κ3) is 7.76. The second kappa shape index (κ2) is 12.7. The van der Waals surface area contributed by atoms with Gasteiger partial charge in [0.1, 0.15) is 0 Å². The van der Waals surface area contributed by atoms with Gasteiger partial charge in [-0.25, -0.2) is 0 Å². The number of hydrogen-bond acceptors (Lipinski definition) is 2. The van der Waals surface area contributed by atoms with Gasteiger partial charge in [-0.1, -0.05) is 54.4 Å². The van der Waals surface area contributed by atoms with E-state index in [1.807, 2.05) is 0 Å². The molecule has 4 heteroatoms. The summed E-state index contributed by atoms with van der Waals surface area (Å²) in [6.07, 6.45) is 9.71. The molecule has 22 heavy (non-hydrogen) atoms. The van der Waals surface area contributed by atoms with Crippen LogP contribution in [0.25, 0.3) is 0 Å². The third-order valence-electron chi connectivity index (χ3n) is 5.72. The molecule has 0 aromatic carbocycles. The molecule has 0 radical (unpaired) electrons. The van der Waals surface area contributed by atoms with E-state index in [0.29, 0.717) is 0 Å². The zero-order valence-electron chi connectivity index (χ0n) is 16.3. The van der Waals surface area contributed by atoms with Crippen LogP contribution in [0.1, 0.15) is 92.9 Å². The molecule has 0 N–H and O–H groups in total. The monoisotopic (exact) mass is 346 g/mol. The Balaban J connectivity index is 3.70. The van der Waals surface area contributed by atoms with Crippen LogP contribution in [0.5, 0.6) is 0 Å². The summed E-state index contributed by atoms with van der Waals surface area (Å²) in [5.74, 6) is 0. The molecular weight excluding hydrogens is 304 g/mol. The van der Waals surface area contributed by atoms with E-state index in [-0.39, 0.29) is 30.7 Å². The smallest absolute Gasteiger partial charge is 0.162 e. The summed E-state index contributed by atoms with van der Waals surface area (Å²) >= 11 is 0. The highest BCUT2D eigenvalue weighted by Gasteiger charge is 2.24. The van der Waals surface area contributed by atoms with Crippen LogP contribution in [0.3, 0.4) is 0 Å². The SMILES string of the molecule is CCC(CC)(CC)O[SiH2]CCCC[SiH2]OC(CC)(CC)CC. The summed E-state index contributed by atoms with van der Waals surface area (Å²) in [6.45, 7) is 13.6. The van der Waals surface area contributed by atoms with Crippen LogP contribution in [-0.2, 0) is 8.85 Å². The minimum absolute atomic E-state index is 0.201. The zero-order chi connectivity index (χ0) is 16.9. The second-order valence-corrected chi connectivity index (χ2v) is 9.41. The Morgan fingerprint density at radius 1 is 0.545 bits per heavy atom. The first-order valence-electron chi connectivity index (χ1n) is 9.85. The highest BCUT2D eigenvalue weighted by molar-refractivity contribution is 6.28. The van der Waals surface area contributed by atoms with Crippen LogP contribution in [0.15, 0.2) is 0 Å². The summed E-state index contributed by atoms with van der Waals surface area (Å²) in [6, 6.07) is 2.69. The second-order valence-electron chi connectivity index (χ2n) is 6.60. The molecule has 134 valence electrons. The number of unbranched alkanes of at least 4 members (excludes halogenated alkanes) is 1. The minimum Gasteiger partial charge on any atom is -0.419 e. The molecule has 0 amide bonds. The Kier molecular flexibility index (Phi) is 12.9. The predicted molar refractivity (Wildman–Crippen MR) is 105 cm³/mol. The Labute approximate surface area is 145 Å². The van der Waals surface area contributed by atoms with Crippen molar-refractivity contribution in [3.8, 4) is 0 Å². The lowest BCUT2D eigenvalue weighted by atomic mass is 9.95. The van der Waals surface area contributed by atoms with Crippen molar-refractivity contribution < 1.29 is 8.85 Å². The van der Waals surface area contributed by atoms with Crippen molar-refractivity contribution in [1.29, 1.82) is 0 Å². The van der Waals surface area contributed by atoms with Crippen molar-refractivity contribution in [2.45, 2.75) is 116 Å². The molecule has 0 saturated heterocycles. The van der Waals surface area contributed by atoms with Crippen molar-refractivity contribution in [3.63, 3.8) is 0 Å². The molecule has 0 aromatic heterocycles. The van der Waals surface area contributed by atoms with Gasteiger partial charge in [-0.15, -0.1) is 0 Å². The quantitative estimate of drug-likeness (QED) is 0.315. The van der Waals surface area contributed by atoms with Crippen LogP contribution in [0.2, 0.25) is 12.1 Å². The van der Waals surface area contributed by atoms with Crippen molar-refractivity contribution in [2.24, 2.45) is 0 Å². The molecule has 0 fully saturated rings. The lowest BCUT2D eigenvalue weighted by molar-refractivity contribution is 0.0591.